The standard InChI is InChI=1S/C17H20N2O4S/c1-11-5-6-12(2)16(9-11)14(4)18-24(22,23)17-10-15(19(20)21)8-7-13(17)3/h5-10,14,18H,1-4H3/t14-/m0/s1. The summed E-state index contributed by atoms with van der Waals surface area (Å²) in [5.41, 5.74) is 3.10. The summed E-state index contributed by atoms with van der Waals surface area (Å²) in [6.07, 6.45) is 0. The maximum Gasteiger partial charge on any atom is 0.270 e. The van der Waals surface area contributed by atoms with Gasteiger partial charge in [-0.15, -0.1) is 0 Å². The molecule has 0 aliphatic heterocycles. The van der Waals surface area contributed by atoms with E-state index in [2.05, 4.69) is 4.72 Å². The predicted octanol–water partition coefficient (Wildman–Crippen LogP) is 3.56. The van der Waals surface area contributed by atoms with Crippen molar-refractivity contribution in [2.45, 2.75) is 38.6 Å². The van der Waals surface area contributed by atoms with E-state index in [9.17, 15) is 18.5 Å². The molecule has 2 aromatic rings. The average Bonchev–Trinajstić information content (AvgIpc) is 2.49. The molecule has 2 rings (SSSR count). The van der Waals surface area contributed by atoms with Gasteiger partial charge in [0.2, 0.25) is 10.0 Å². The Labute approximate surface area is 141 Å². The molecule has 0 radical (unpaired) electrons. The first-order valence-electron chi connectivity index (χ1n) is 7.46. The van der Waals surface area contributed by atoms with Crippen molar-refractivity contribution in [2.75, 3.05) is 0 Å². The zero-order valence-electron chi connectivity index (χ0n) is 14.0. The van der Waals surface area contributed by atoms with Crippen LogP contribution >= 0.6 is 0 Å². The largest absolute Gasteiger partial charge is 0.270 e. The maximum absolute atomic E-state index is 12.7. The Morgan fingerprint density at radius 3 is 2.29 bits per heavy atom. The molecule has 0 heterocycles. The summed E-state index contributed by atoms with van der Waals surface area (Å²) < 4.78 is 28.0. The predicted molar refractivity (Wildman–Crippen MR) is 92.5 cm³/mol. The minimum Gasteiger partial charge on any atom is -0.258 e. The second-order valence-electron chi connectivity index (χ2n) is 5.91. The van der Waals surface area contributed by atoms with Crippen LogP contribution in [-0.4, -0.2) is 13.3 Å². The van der Waals surface area contributed by atoms with Gasteiger partial charge in [-0.05, 0) is 44.4 Å². The van der Waals surface area contributed by atoms with Gasteiger partial charge in [-0.1, -0.05) is 29.8 Å². The summed E-state index contributed by atoms with van der Waals surface area (Å²) in [6, 6.07) is 9.21. The van der Waals surface area contributed by atoms with Crippen LogP contribution in [0.15, 0.2) is 41.3 Å². The molecule has 0 spiro atoms. The lowest BCUT2D eigenvalue weighted by Gasteiger charge is -2.18. The van der Waals surface area contributed by atoms with Gasteiger partial charge in [0.1, 0.15) is 0 Å². The number of nitrogens with zero attached hydrogens (tertiary/aromatic N) is 1. The Morgan fingerprint density at radius 2 is 1.67 bits per heavy atom. The van der Waals surface area contributed by atoms with Gasteiger partial charge in [-0.25, -0.2) is 13.1 Å². The van der Waals surface area contributed by atoms with Crippen LogP contribution in [0.1, 0.15) is 35.2 Å². The van der Waals surface area contributed by atoms with Gasteiger partial charge >= 0.3 is 0 Å². The summed E-state index contributed by atoms with van der Waals surface area (Å²) in [4.78, 5) is 10.2. The minimum atomic E-state index is -3.88. The van der Waals surface area contributed by atoms with E-state index in [1.165, 1.54) is 12.1 Å². The van der Waals surface area contributed by atoms with Crippen molar-refractivity contribution in [1.82, 2.24) is 4.72 Å². The number of nitrogens with one attached hydrogen (secondary N) is 1. The second kappa shape index (κ2) is 6.70. The van der Waals surface area contributed by atoms with Gasteiger partial charge in [0, 0.05) is 18.2 Å². The van der Waals surface area contributed by atoms with Gasteiger partial charge in [-0.3, -0.25) is 10.1 Å². The van der Waals surface area contributed by atoms with Crippen LogP contribution in [0.5, 0.6) is 0 Å². The molecule has 0 saturated heterocycles. The molecule has 0 aliphatic carbocycles. The monoisotopic (exact) mass is 348 g/mol. The molecule has 24 heavy (non-hydrogen) atoms. The second-order valence-corrected chi connectivity index (χ2v) is 7.59. The lowest BCUT2D eigenvalue weighted by atomic mass is 10.0. The Bertz CT molecular complexity index is 891. The van der Waals surface area contributed by atoms with Crippen LogP contribution in [0, 0.1) is 30.9 Å². The molecule has 128 valence electrons. The molecule has 0 amide bonds. The lowest BCUT2D eigenvalue weighted by molar-refractivity contribution is -0.385. The highest BCUT2D eigenvalue weighted by atomic mass is 32.2. The molecular formula is C17H20N2O4S. The zero-order valence-corrected chi connectivity index (χ0v) is 14.8. The minimum absolute atomic E-state index is 0.0751. The van der Waals surface area contributed by atoms with Crippen molar-refractivity contribution in [3.05, 3.63) is 68.8 Å². The molecule has 7 heteroatoms. The number of benzene rings is 2. The van der Waals surface area contributed by atoms with Crippen LogP contribution in [0.3, 0.4) is 0 Å². The molecule has 0 aromatic heterocycles. The van der Waals surface area contributed by atoms with Crippen molar-refractivity contribution in [3.63, 3.8) is 0 Å². The first kappa shape index (κ1) is 18.1. The van der Waals surface area contributed by atoms with Crippen LogP contribution in [0.2, 0.25) is 0 Å². The third kappa shape index (κ3) is 3.80. The number of nitro groups is 1. The fraction of sp³-hybridized carbons (Fsp3) is 0.294. The molecule has 6 nitrogen and oxygen atoms in total. The van der Waals surface area contributed by atoms with Gasteiger partial charge in [0.05, 0.1) is 9.82 Å². The smallest absolute Gasteiger partial charge is 0.258 e. The summed E-state index contributed by atoms with van der Waals surface area (Å²) in [6.45, 7) is 7.22. The van der Waals surface area contributed by atoms with Crippen LogP contribution in [-0.2, 0) is 10.0 Å². The Balaban J connectivity index is 2.39. The first-order chi connectivity index (χ1) is 11.1. The van der Waals surface area contributed by atoms with Gasteiger partial charge in [0.15, 0.2) is 0 Å². The molecule has 0 saturated carbocycles. The van der Waals surface area contributed by atoms with Gasteiger partial charge in [0.25, 0.3) is 5.69 Å². The maximum atomic E-state index is 12.7. The third-order valence-corrected chi connectivity index (χ3v) is 5.59. The number of hydrogen-bond acceptors (Lipinski definition) is 4. The van der Waals surface area contributed by atoms with Crippen LogP contribution in [0.25, 0.3) is 0 Å². The van der Waals surface area contributed by atoms with E-state index < -0.39 is 21.0 Å². The number of aryl methyl sites for hydroxylation is 3. The molecule has 0 bridgehead atoms. The number of hydrogen-bond donors (Lipinski definition) is 1. The van der Waals surface area contributed by atoms with E-state index in [1.54, 1.807) is 13.8 Å². The third-order valence-electron chi connectivity index (χ3n) is 3.91. The normalized spacial score (nSPS) is 12.8. The van der Waals surface area contributed by atoms with Crippen molar-refractivity contribution < 1.29 is 13.3 Å². The van der Waals surface area contributed by atoms with E-state index in [-0.39, 0.29) is 10.6 Å². The van der Waals surface area contributed by atoms with E-state index in [0.717, 1.165) is 22.8 Å². The average molecular weight is 348 g/mol. The lowest BCUT2D eigenvalue weighted by Crippen LogP contribution is -2.28. The van der Waals surface area contributed by atoms with E-state index in [1.807, 2.05) is 32.0 Å². The molecule has 0 aliphatic rings. The summed E-state index contributed by atoms with van der Waals surface area (Å²) in [7, 11) is -3.88. The molecular weight excluding hydrogens is 328 g/mol. The van der Waals surface area contributed by atoms with Gasteiger partial charge < -0.3 is 0 Å². The van der Waals surface area contributed by atoms with Crippen LogP contribution in [0.4, 0.5) is 5.69 Å². The Kier molecular flexibility index (Phi) is 5.05. The highest BCUT2D eigenvalue weighted by molar-refractivity contribution is 7.89. The number of rotatable bonds is 5. The number of nitro benzene ring substituents is 1. The van der Waals surface area contributed by atoms with Crippen molar-refractivity contribution >= 4 is 15.7 Å². The number of non-ortho nitro benzene ring substituents is 1. The van der Waals surface area contributed by atoms with Crippen molar-refractivity contribution in [2.24, 2.45) is 0 Å². The van der Waals surface area contributed by atoms with E-state index in [4.69, 9.17) is 0 Å². The number of sulfonamides is 1. The topological polar surface area (TPSA) is 89.3 Å². The summed E-state index contributed by atoms with van der Waals surface area (Å²) in [5.74, 6) is 0. The first-order valence-corrected chi connectivity index (χ1v) is 8.94. The van der Waals surface area contributed by atoms with Crippen molar-refractivity contribution in [3.8, 4) is 0 Å². The van der Waals surface area contributed by atoms with Crippen molar-refractivity contribution in [1.29, 1.82) is 0 Å². The molecule has 0 fully saturated rings. The fourth-order valence-electron chi connectivity index (χ4n) is 2.58. The molecule has 1 atom stereocenters. The SMILES string of the molecule is Cc1ccc(C)c([C@H](C)NS(=O)(=O)c2cc([N+](=O)[O-])ccc2C)c1. The van der Waals surface area contributed by atoms with Gasteiger partial charge in [-0.2, -0.15) is 0 Å². The summed E-state index contributed by atoms with van der Waals surface area (Å²) >= 11 is 0. The van der Waals surface area contributed by atoms with E-state index >= 15 is 0 Å². The van der Waals surface area contributed by atoms with E-state index in [0.29, 0.717) is 5.56 Å². The highest BCUT2D eigenvalue weighted by Gasteiger charge is 2.23. The Morgan fingerprint density at radius 1 is 1.04 bits per heavy atom. The highest BCUT2D eigenvalue weighted by Crippen LogP contribution is 2.25. The summed E-state index contributed by atoms with van der Waals surface area (Å²) in [5, 5.41) is 10.9. The van der Waals surface area contributed by atoms with Crippen LogP contribution < -0.4 is 4.72 Å². The zero-order chi connectivity index (χ0) is 18.1. The quantitative estimate of drug-likeness (QED) is 0.661. The fourth-order valence-corrected chi connectivity index (χ4v) is 4.07. The molecule has 1 N–H and O–H groups in total. The Hall–Kier alpha value is -2.25. The molecule has 0 unspecified atom stereocenters. The molecule has 2 aromatic carbocycles.